The fourth-order valence-electron chi connectivity index (χ4n) is 3.43. The van der Waals surface area contributed by atoms with E-state index in [2.05, 4.69) is 67.6 Å². The Morgan fingerprint density at radius 1 is 0.800 bits per heavy atom. The number of hydrogen-bond acceptors (Lipinski definition) is 4. The van der Waals surface area contributed by atoms with E-state index in [1.807, 2.05) is 24.3 Å². The minimum atomic E-state index is -1.47. The Labute approximate surface area is 178 Å². The first kappa shape index (κ1) is 21.8. The molecule has 0 fully saturated rings. The molecule has 4 nitrogen and oxygen atoms in total. The first-order valence-corrected chi connectivity index (χ1v) is 10.2. The summed E-state index contributed by atoms with van der Waals surface area (Å²) in [5.74, 6) is 0.754. The topological polar surface area (TPSA) is 52.9 Å². The molecule has 4 heteroatoms. The normalized spacial score (nSPS) is 12.2. The number of hydrogen-bond donors (Lipinski definition) is 2. The van der Waals surface area contributed by atoms with Gasteiger partial charge in [0.2, 0.25) is 6.41 Å². The third-order valence-electron chi connectivity index (χ3n) is 5.09. The summed E-state index contributed by atoms with van der Waals surface area (Å²) in [7, 11) is 1.63. The zero-order chi connectivity index (χ0) is 21.3. The van der Waals surface area contributed by atoms with Gasteiger partial charge in [-0.3, -0.25) is 4.90 Å². The third kappa shape index (κ3) is 5.57. The van der Waals surface area contributed by atoms with Crippen molar-refractivity contribution in [2.45, 2.75) is 19.8 Å². The van der Waals surface area contributed by atoms with Crippen LogP contribution in [0.15, 0.2) is 84.9 Å². The van der Waals surface area contributed by atoms with E-state index in [4.69, 9.17) is 14.9 Å². The summed E-state index contributed by atoms with van der Waals surface area (Å²) in [6.07, 6.45) is -0.553. The maximum Gasteiger partial charge on any atom is 0.213 e. The number of nitrogens with zero attached hydrogens (tertiary/aromatic N) is 1. The smallest absolute Gasteiger partial charge is 0.213 e. The van der Waals surface area contributed by atoms with Gasteiger partial charge in [-0.1, -0.05) is 79.7 Å². The lowest BCUT2D eigenvalue weighted by Gasteiger charge is -2.19. The average Bonchev–Trinajstić information content (AvgIpc) is 2.79. The molecule has 0 spiro atoms. The predicted molar refractivity (Wildman–Crippen MR) is 122 cm³/mol. The van der Waals surface area contributed by atoms with Crippen molar-refractivity contribution in [1.29, 1.82) is 0 Å². The van der Waals surface area contributed by atoms with E-state index in [1.165, 1.54) is 27.2 Å². The summed E-state index contributed by atoms with van der Waals surface area (Å²) >= 11 is 0. The molecule has 0 amide bonds. The van der Waals surface area contributed by atoms with E-state index in [1.54, 1.807) is 7.05 Å². The van der Waals surface area contributed by atoms with Crippen molar-refractivity contribution in [2.24, 2.45) is 0 Å². The van der Waals surface area contributed by atoms with Crippen LogP contribution in [0.4, 0.5) is 0 Å². The van der Waals surface area contributed by atoms with Crippen molar-refractivity contribution in [3.8, 4) is 5.75 Å². The summed E-state index contributed by atoms with van der Waals surface area (Å²) in [4.78, 5) is 1.40. The zero-order valence-corrected chi connectivity index (χ0v) is 17.5. The van der Waals surface area contributed by atoms with Gasteiger partial charge in [-0.2, -0.15) is 0 Å². The molecule has 0 saturated heterocycles. The zero-order valence-electron chi connectivity index (χ0n) is 17.5. The van der Waals surface area contributed by atoms with Crippen molar-refractivity contribution in [2.75, 3.05) is 20.2 Å². The molecular weight excluding hydrogens is 374 g/mol. The van der Waals surface area contributed by atoms with Crippen LogP contribution < -0.4 is 4.74 Å². The highest BCUT2D eigenvalue weighted by molar-refractivity contribution is 5.98. The van der Waals surface area contributed by atoms with Crippen LogP contribution in [0.1, 0.15) is 30.0 Å². The van der Waals surface area contributed by atoms with Crippen LogP contribution >= 0.6 is 0 Å². The Bertz CT molecular complexity index is 935. The Kier molecular flexibility index (Phi) is 7.80. The number of ether oxygens (including phenoxy) is 1. The molecule has 0 aliphatic rings. The molecule has 3 aromatic carbocycles. The Morgan fingerprint density at radius 2 is 1.33 bits per heavy atom. The fraction of sp³-hybridized carbons (Fsp3) is 0.231. The monoisotopic (exact) mass is 403 g/mol. The van der Waals surface area contributed by atoms with Crippen molar-refractivity contribution >= 4 is 11.1 Å². The van der Waals surface area contributed by atoms with Crippen molar-refractivity contribution < 1.29 is 14.9 Å². The highest BCUT2D eigenvalue weighted by Crippen LogP contribution is 2.34. The van der Waals surface area contributed by atoms with Crippen LogP contribution in [0.2, 0.25) is 0 Å². The molecule has 0 atom stereocenters. The van der Waals surface area contributed by atoms with Crippen LogP contribution in [0.25, 0.3) is 11.1 Å². The summed E-state index contributed by atoms with van der Waals surface area (Å²) in [5.41, 5.74) is 6.07. The van der Waals surface area contributed by atoms with Gasteiger partial charge in [0.15, 0.2) is 0 Å². The molecule has 3 aromatic rings. The molecule has 0 heterocycles. The lowest BCUT2D eigenvalue weighted by atomic mass is 9.88. The molecule has 0 bridgehead atoms. The molecule has 0 aliphatic heterocycles. The Morgan fingerprint density at radius 3 is 1.87 bits per heavy atom. The summed E-state index contributed by atoms with van der Waals surface area (Å²) in [6.45, 7) is 2.98. The molecular formula is C26H29NO3. The molecule has 3 rings (SSSR count). The van der Waals surface area contributed by atoms with Gasteiger partial charge >= 0.3 is 0 Å². The highest BCUT2D eigenvalue weighted by Gasteiger charge is 2.13. The van der Waals surface area contributed by atoms with Gasteiger partial charge in [-0.05, 0) is 53.4 Å². The van der Waals surface area contributed by atoms with Crippen molar-refractivity contribution in [3.63, 3.8) is 0 Å². The number of rotatable bonds is 9. The number of likely N-dealkylation sites (N-methyl/N-ethyl adjacent to an activating group) is 1. The molecule has 0 unspecified atom stereocenters. The fourth-order valence-corrected chi connectivity index (χ4v) is 3.43. The van der Waals surface area contributed by atoms with Crippen LogP contribution in [0.5, 0.6) is 5.75 Å². The number of benzene rings is 3. The lowest BCUT2D eigenvalue weighted by molar-refractivity contribution is -0.146. The number of aliphatic hydroxyl groups excluding tert-OH is 1. The van der Waals surface area contributed by atoms with E-state index in [9.17, 15) is 0 Å². The molecule has 0 aromatic heterocycles. The largest absolute Gasteiger partial charge is 0.492 e. The van der Waals surface area contributed by atoms with E-state index >= 15 is 0 Å². The van der Waals surface area contributed by atoms with Gasteiger partial charge in [0, 0.05) is 6.54 Å². The lowest BCUT2D eigenvalue weighted by Crippen LogP contribution is -2.34. The third-order valence-corrected chi connectivity index (χ3v) is 5.09. The summed E-state index contributed by atoms with van der Waals surface area (Å²) in [6, 6.07) is 29.1. The van der Waals surface area contributed by atoms with Crippen LogP contribution in [-0.4, -0.2) is 41.7 Å². The summed E-state index contributed by atoms with van der Waals surface area (Å²) in [5, 5.41) is 18.2. The maximum absolute atomic E-state index is 9.11. The maximum atomic E-state index is 9.11. The molecule has 2 N–H and O–H groups in total. The van der Waals surface area contributed by atoms with Crippen LogP contribution in [0, 0.1) is 0 Å². The van der Waals surface area contributed by atoms with Gasteiger partial charge in [0.05, 0.1) is 0 Å². The van der Waals surface area contributed by atoms with E-state index in [-0.39, 0.29) is 0 Å². The van der Waals surface area contributed by atoms with Crippen molar-refractivity contribution in [3.05, 3.63) is 102 Å². The number of aliphatic hydroxyl groups is 2. The minimum Gasteiger partial charge on any atom is -0.492 e. The van der Waals surface area contributed by atoms with Gasteiger partial charge in [0.25, 0.3) is 0 Å². The minimum absolute atomic E-state index is 0.374. The molecule has 156 valence electrons. The standard InChI is InChI=1S/C26H29NO3/c1-3-24(20-10-6-4-7-11-20)25(21-12-8-5-9-13-21)22-14-16-23(17-15-22)30-19-18-27(2)26(28)29/h4-17,26,28-29H,3,18-19H2,1-2H3/b25-24-. The Hall–Kier alpha value is -2.92. The van der Waals surface area contributed by atoms with Crippen molar-refractivity contribution in [1.82, 2.24) is 4.90 Å². The van der Waals surface area contributed by atoms with Gasteiger partial charge in [0.1, 0.15) is 12.4 Å². The molecule has 30 heavy (non-hydrogen) atoms. The van der Waals surface area contributed by atoms with Gasteiger partial charge in [-0.25, -0.2) is 0 Å². The van der Waals surface area contributed by atoms with Crippen LogP contribution in [-0.2, 0) is 0 Å². The van der Waals surface area contributed by atoms with E-state index < -0.39 is 6.41 Å². The number of allylic oxidation sites excluding steroid dienone is 1. The Balaban J connectivity index is 1.91. The highest BCUT2D eigenvalue weighted by atomic mass is 16.5. The van der Waals surface area contributed by atoms with Gasteiger partial charge < -0.3 is 14.9 Å². The first-order chi connectivity index (χ1) is 14.6. The van der Waals surface area contributed by atoms with Gasteiger partial charge in [-0.15, -0.1) is 0 Å². The SMILES string of the molecule is CC/C(=C(\c1ccccc1)c1ccc(OCCN(C)C(O)O)cc1)c1ccccc1. The molecule has 0 aliphatic carbocycles. The van der Waals surface area contributed by atoms with E-state index in [0.717, 1.165) is 17.7 Å². The first-order valence-electron chi connectivity index (χ1n) is 10.2. The second-order valence-electron chi connectivity index (χ2n) is 7.14. The molecule has 0 radical (unpaired) electrons. The average molecular weight is 404 g/mol. The predicted octanol–water partition coefficient (Wildman–Crippen LogP) is 4.63. The van der Waals surface area contributed by atoms with Crippen LogP contribution in [0.3, 0.4) is 0 Å². The summed E-state index contributed by atoms with van der Waals surface area (Å²) < 4.78 is 5.76. The second-order valence-corrected chi connectivity index (χ2v) is 7.14. The van der Waals surface area contributed by atoms with E-state index in [0.29, 0.717) is 13.2 Å². The second kappa shape index (κ2) is 10.7. The quantitative estimate of drug-likeness (QED) is 0.404. The molecule has 0 saturated carbocycles.